The van der Waals surface area contributed by atoms with Gasteiger partial charge in [-0.2, -0.15) is 0 Å². The average molecular weight is 326 g/mol. The number of halogens is 1. The van der Waals surface area contributed by atoms with Crippen LogP contribution in [0.25, 0.3) is 22.8 Å². The van der Waals surface area contributed by atoms with Crippen molar-refractivity contribution in [3.63, 3.8) is 0 Å². The second-order valence-electron chi connectivity index (χ2n) is 4.49. The molecular weight excluding hydrogens is 314 g/mol. The standard InChI is InChI=1S/C16H12BrN3/c1-11-5-7-13(18-9-11)15-3-2-4-16(20-15)14-8-6-12(17)10-19-14/h2-10H,1H3. The van der Waals surface area contributed by atoms with E-state index in [4.69, 9.17) is 0 Å². The molecule has 0 bridgehead atoms. The number of nitrogens with zero attached hydrogens (tertiary/aromatic N) is 3. The van der Waals surface area contributed by atoms with Gasteiger partial charge in [-0.15, -0.1) is 0 Å². The molecular formula is C16H12BrN3. The van der Waals surface area contributed by atoms with Gasteiger partial charge in [0.25, 0.3) is 0 Å². The smallest absolute Gasteiger partial charge is 0.0894 e. The molecule has 0 aliphatic carbocycles. The van der Waals surface area contributed by atoms with Crippen molar-refractivity contribution in [3.8, 4) is 22.8 Å². The Morgan fingerprint density at radius 2 is 1.40 bits per heavy atom. The topological polar surface area (TPSA) is 38.7 Å². The lowest BCUT2D eigenvalue weighted by Crippen LogP contribution is -1.91. The first-order chi connectivity index (χ1) is 9.72. The van der Waals surface area contributed by atoms with Crippen molar-refractivity contribution in [2.75, 3.05) is 0 Å². The van der Waals surface area contributed by atoms with Gasteiger partial charge in [0.1, 0.15) is 0 Å². The van der Waals surface area contributed by atoms with Crippen LogP contribution in [0, 0.1) is 6.92 Å². The molecule has 0 spiro atoms. The number of aromatic nitrogens is 3. The summed E-state index contributed by atoms with van der Waals surface area (Å²) >= 11 is 3.38. The zero-order valence-corrected chi connectivity index (χ0v) is 12.5. The second kappa shape index (κ2) is 5.51. The summed E-state index contributed by atoms with van der Waals surface area (Å²) < 4.78 is 0.956. The Hall–Kier alpha value is -2.07. The molecule has 20 heavy (non-hydrogen) atoms. The van der Waals surface area contributed by atoms with Gasteiger partial charge in [-0.25, -0.2) is 4.98 Å². The predicted octanol–water partition coefficient (Wildman–Crippen LogP) is 4.28. The lowest BCUT2D eigenvalue weighted by atomic mass is 10.2. The Bertz CT molecular complexity index is 661. The van der Waals surface area contributed by atoms with Crippen LogP contribution in [0.5, 0.6) is 0 Å². The minimum atomic E-state index is 0.845. The maximum absolute atomic E-state index is 4.63. The first-order valence-corrected chi connectivity index (χ1v) is 7.04. The van der Waals surface area contributed by atoms with Gasteiger partial charge in [-0.05, 0) is 58.7 Å². The molecule has 0 saturated heterocycles. The summed E-state index contributed by atoms with van der Waals surface area (Å²) in [6.07, 6.45) is 3.62. The highest BCUT2D eigenvalue weighted by Crippen LogP contribution is 2.21. The third-order valence-electron chi connectivity index (χ3n) is 2.91. The summed E-state index contributed by atoms with van der Waals surface area (Å²) in [6.45, 7) is 2.02. The zero-order valence-electron chi connectivity index (χ0n) is 10.9. The van der Waals surface area contributed by atoms with Gasteiger partial charge < -0.3 is 0 Å². The van der Waals surface area contributed by atoms with Crippen LogP contribution in [-0.2, 0) is 0 Å². The molecule has 3 heterocycles. The summed E-state index contributed by atoms with van der Waals surface area (Å²) in [7, 11) is 0. The second-order valence-corrected chi connectivity index (χ2v) is 5.41. The Morgan fingerprint density at radius 3 is 1.95 bits per heavy atom. The molecule has 3 aromatic heterocycles. The van der Waals surface area contributed by atoms with Crippen LogP contribution in [0.4, 0.5) is 0 Å². The van der Waals surface area contributed by atoms with E-state index in [-0.39, 0.29) is 0 Å². The molecule has 0 atom stereocenters. The van der Waals surface area contributed by atoms with Crippen molar-refractivity contribution in [3.05, 3.63) is 64.9 Å². The van der Waals surface area contributed by atoms with E-state index in [1.54, 1.807) is 6.20 Å². The zero-order chi connectivity index (χ0) is 13.9. The summed E-state index contributed by atoms with van der Waals surface area (Å²) in [5.41, 5.74) is 4.56. The molecule has 0 unspecified atom stereocenters. The molecule has 0 saturated carbocycles. The van der Waals surface area contributed by atoms with E-state index in [9.17, 15) is 0 Å². The van der Waals surface area contributed by atoms with Gasteiger partial charge in [-0.1, -0.05) is 12.1 Å². The molecule has 4 heteroatoms. The number of pyridine rings is 3. The number of hydrogen-bond donors (Lipinski definition) is 0. The van der Waals surface area contributed by atoms with E-state index in [0.29, 0.717) is 0 Å². The summed E-state index contributed by atoms with van der Waals surface area (Å²) in [5, 5.41) is 0. The molecule has 0 aliphatic heterocycles. The van der Waals surface area contributed by atoms with Gasteiger partial charge in [0.05, 0.1) is 22.8 Å². The number of aryl methyl sites for hydroxylation is 1. The van der Waals surface area contributed by atoms with Crippen molar-refractivity contribution < 1.29 is 0 Å². The van der Waals surface area contributed by atoms with E-state index < -0.39 is 0 Å². The van der Waals surface area contributed by atoms with Crippen molar-refractivity contribution >= 4 is 15.9 Å². The van der Waals surface area contributed by atoms with E-state index in [0.717, 1.165) is 32.8 Å². The maximum Gasteiger partial charge on any atom is 0.0894 e. The van der Waals surface area contributed by atoms with Crippen LogP contribution in [0.3, 0.4) is 0 Å². The minimum Gasteiger partial charge on any atom is -0.254 e. The van der Waals surface area contributed by atoms with Gasteiger partial charge >= 0.3 is 0 Å². The fourth-order valence-corrected chi connectivity index (χ4v) is 2.10. The lowest BCUT2D eigenvalue weighted by Gasteiger charge is -2.04. The minimum absolute atomic E-state index is 0.845. The Labute approximate surface area is 125 Å². The predicted molar refractivity (Wildman–Crippen MR) is 83.1 cm³/mol. The lowest BCUT2D eigenvalue weighted by molar-refractivity contribution is 1.20. The van der Waals surface area contributed by atoms with Crippen LogP contribution in [0.2, 0.25) is 0 Å². The number of hydrogen-bond acceptors (Lipinski definition) is 3. The van der Waals surface area contributed by atoms with Crippen molar-refractivity contribution in [2.45, 2.75) is 6.92 Å². The third kappa shape index (κ3) is 2.75. The quantitative estimate of drug-likeness (QED) is 0.706. The molecule has 3 nitrogen and oxygen atoms in total. The van der Waals surface area contributed by atoms with E-state index in [1.165, 1.54) is 0 Å². The van der Waals surface area contributed by atoms with Crippen molar-refractivity contribution in [1.29, 1.82) is 0 Å². The summed E-state index contributed by atoms with van der Waals surface area (Å²) in [6, 6.07) is 13.8. The van der Waals surface area contributed by atoms with Crippen molar-refractivity contribution in [1.82, 2.24) is 15.0 Å². The van der Waals surface area contributed by atoms with Gasteiger partial charge in [0.2, 0.25) is 0 Å². The largest absolute Gasteiger partial charge is 0.254 e. The first-order valence-electron chi connectivity index (χ1n) is 6.24. The Balaban J connectivity index is 2.01. The monoisotopic (exact) mass is 325 g/mol. The molecule has 98 valence electrons. The highest BCUT2D eigenvalue weighted by molar-refractivity contribution is 9.10. The van der Waals surface area contributed by atoms with Gasteiger partial charge in [0, 0.05) is 16.9 Å². The molecule has 0 aliphatic rings. The van der Waals surface area contributed by atoms with E-state index in [1.807, 2.05) is 55.6 Å². The highest BCUT2D eigenvalue weighted by Gasteiger charge is 2.05. The van der Waals surface area contributed by atoms with Crippen LogP contribution in [0.15, 0.2) is 59.3 Å². The average Bonchev–Trinajstić information content (AvgIpc) is 2.49. The molecule has 0 radical (unpaired) electrons. The molecule has 0 fully saturated rings. The van der Waals surface area contributed by atoms with Gasteiger partial charge in [-0.3, -0.25) is 9.97 Å². The molecule has 0 N–H and O–H groups in total. The Kier molecular flexibility index (Phi) is 3.56. The van der Waals surface area contributed by atoms with E-state index >= 15 is 0 Å². The maximum atomic E-state index is 4.63. The third-order valence-corrected chi connectivity index (χ3v) is 3.38. The molecule has 0 amide bonds. The van der Waals surface area contributed by atoms with E-state index in [2.05, 4.69) is 30.9 Å². The molecule has 3 rings (SSSR count). The molecule has 3 aromatic rings. The van der Waals surface area contributed by atoms with Crippen LogP contribution < -0.4 is 0 Å². The van der Waals surface area contributed by atoms with Crippen LogP contribution in [0.1, 0.15) is 5.56 Å². The fraction of sp³-hybridized carbons (Fsp3) is 0.0625. The van der Waals surface area contributed by atoms with Crippen LogP contribution >= 0.6 is 15.9 Å². The number of rotatable bonds is 2. The normalized spacial score (nSPS) is 10.5. The highest BCUT2D eigenvalue weighted by atomic mass is 79.9. The Morgan fingerprint density at radius 1 is 0.750 bits per heavy atom. The van der Waals surface area contributed by atoms with Crippen molar-refractivity contribution in [2.24, 2.45) is 0 Å². The SMILES string of the molecule is Cc1ccc(-c2cccc(-c3ccc(Br)cn3)n2)nc1. The summed E-state index contributed by atoms with van der Waals surface area (Å²) in [5.74, 6) is 0. The summed E-state index contributed by atoms with van der Waals surface area (Å²) in [4.78, 5) is 13.4. The molecule has 0 aromatic carbocycles. The van der Waals surface area contributed by atoms with Gasteiger partial charge in [0.15, 0.2) is 0 Å². The van der Waals surface area contributed by atoms with Crippen LogP contribution in [-0.4, -0.2) is 15.0 Å². The fourth-order valence-electron chi connectivity index (χ4n) is 1.87. The first kappa shape index (κ1) is 12.9.